The number of rotatable bonds is 8. The summed E-state index contributed by atoms with van der Waals surface area (Å²) in [6, 6.07) is 10.2. The zero-order chi connectivity index (χ0) is 23.3. The first-order valence-corrected chi connectivity index (χ1v) is 10.3. The van der Waals surface area contributed by atoms with Crippen LogP contribution in [0, 0.1) is 5.92 Å². The fourth-order valence-corrected chi connectivity index (χ4v) is 3.63. The molecule has 9 heteroatoms. The van der Waals surface area contributed by atoms with E-state index in [4.69, 9.17) is 28.3 Å². The van der Waals surface area contributed by atoms with Gasteiger partial charge in [0.25, 0.3) is 0 Å². The van der Waals surface area contributed by atoms with E-state index in [-0.39, 0.29) is 28.6 Å². The van der Waals surface area contributed by atoms with Crippen molar-refractivity contribution in [1.29, 1.82) is 0 Å². The number of carboxylic acids is 1. The van der Waals surface area contributed by atoms with Crippen LogP contribution in [0.25, 0.3) is 0 Å². The van der Waals surface area contributed by atoms with E-state index in [1.54, 1.807) is 6.07 Å². The van der Waals surface area contributed by atoms with Gasteiger partial charge in [0.15, 0.2) is 0 Å². The van der Waals surface area contributed by atoms with Gasteiger partial charge in [-0.2, -0.15) is 13.2 Å². The van der Waals surface area contributed by atoms with Gasteiger partial charge < -0.3 is 10.4 Å². The number of alkyl halides is 3. The molecule has 0 aromatic heterocycles. The minimum atomic E-state index is -4.61. The minimum absolute atomic E-state index is 0.121. The van der Waals surface area contributed by atoms with Crippen LogP contribution in [-0.2, 0) is 9.59 Å². The van der Waals surface area contributed by atoms with Crippen molar-refractivity contribution in [3.8, 4) is 0 Å². The van der Waals surface area contributed by atoms with Crippen molar-refractivity contribution in [3.05, 3.63) is 63.6 Å². The highest BCUT2D eigenvalue weighted by Crippen LogP contribution is 2.39. The van der Waals surface area contributed by atoms with E-state index in [9.17, 15) is 22.8 Å². The lowest BCUT2D eigenvalue weighted by Gasteiger charge is -2.26. The molecule has 2 aromatic rings. The summed E-state index contributed by atoms with van der Waals surface area (Å²) in [7, 11) is 0. The van der Waals surface area contributed by atoms with Crippen molar-refractivity contribution in [3.63, 3.8) is 0 Å². The normalized spacial score (nSPS) is 14.5. The van der Waals surface area contributed by atoms with Crippen LogP contribution in [-0.4, -0.2) is 23.2 Å². The average molecular weight is 476 g/mol. The number of carbonyl (C=O) groups is 2. The standard InChI is InChI=1S/C22H22Cl2F3NO3/c1-3-13(11-19(29)30)15-6-9-17(24)18(10-15)28-21(31)20(12(2)22(25,26)27)14-4-7-16(23)8-5-14/h4-10,12-13,20H,3,11H2,1-2H3,(H,28,31)(H,29,30)/t12-,13-,20+/m1/s1. The molecule has 4 nitrogen and oxygen atoms in total. The highest BCUT2D eigenvalue weighted by Gasteiger charge is 2.45. The number of aliphatic carboxylic acids is 1. The first kappa shape index (κ1) is 25.0. The lowest BCUT2D eigenvalue weighted by molar-refractivity contribution is -0.178. The van der Waals surface area contributed by atoms with Crippen molar-refractivity contribution in [2.24, 2.45) is 5.92 Å². The molecular weight excluding hydrogens is 454 g/mol. The van der Waals surface area contributed by atoms with E-state index in [1.165, 1.54) is 36.4 Å². The predicted octanol–water partition coefficient (Wildman–Crippen LogP) is 6.88. The molecule has 168 valence electrons. The average Bonchev–Trinajstić information content (AvgIpc) is 2.68. The van der Waals surface area contributed by atoms with Gasteiger partial charge in [0.1, 0.15) is 0 Å². The molecule has 0 spiro atoms. The zero-order valence-electron chi connectivity index (χ0n) is 16.8. The number of halogens is 5. The summed E-state index contributed by atoms with van der Waals surface area (Å²) in [6.45, 7) is 2.76. The van der Waals surface area contributed by atoms with Crippen LogP contribution >= 0.6 is 23.2 Å². The van der Waals surface area contributed by atoms with Crippen molar-refractivity contribution >= 4 is 40.8 Å². The maximum atomic E-state index is 13.5. The maximum absolute atomic E-state index is 13.5. The Bertz CT molecular complexity index is 933. The van der Waals surface area contributed by atoms with E-state index >= 15 is 0 Å². The Morgan fingerprint density at radius 3 is 2.16 bits per heavy atom. The topological polar surface area (TPSA) is 66.4 Å². The van der Waals surface area contributed by atoms with Crippen molar-refractivity contribution < 1.29 is 27.9 Å². The first-order chi connectivity index (χ1) is 14.4. The maximum Gasteiger partial charge on any atom is 0.392 e. The number of hydrogen-bond acceptors (Lipinski definition) is 2. The second kappa shape index (κ2) is 10.4. The molecule has 0 unspecified atom stereocenters. The smallest absolute Gasteiger partial charge is 0.392 e. The number of carbonyl (C=O) groups excluding carboxylic acids is 1. The Kier molecular flexibility index (Phi) is 8.37. The van der Waals surface area contributed by atoms with E-state index in [2.05, 4.69) is 5.32 Å². The number of nitrogens with one attached hydrogen (secondary N) is 1. The van der Waals surface area contributed by atoms with Crippen LogP contribution in [0.4, 0.5) is 18.9 Å². The molecule has 0 saturated carbocycles. The number of amides is 1. The first-order valence-electron chi connectivity index (χ1n) is 9.58. The monoisotopic (exact) mass is 475 g/mol. The Labute approximate surface area is 188 Å². The van der Waals surface area contributed by atoms with Crippen LogP contribution in [0.3, 0.4) is 0 Å². The molecule has 2 N–H and O–H groups in total. The van der Waals surface area contributed by atoms with Gasteiger partial charge in [-0.3, -0.25) is 9.59 Å². The summed E-state index contributed by atoms with van der Waals surface area (Å²) in [4.78, 5) is 24.1. The molecule has 2 aromatic carbocycles. The number of carboxylic acid groups (broad SMARTS) is 1. The predicted molar refractivity (Wildman–Crippen MR) is 115 cm³/mol. The highest BCUT2D eigenvalue weighted by molar-refractivity contribution is 6.33. The SMILES string of the molecule is CC[C@H](CC(=O)O)c1ccc(Cl)c(NC(=O)[C@H](c2ccc(Cl)cc2)[C@@H](C)C(F)(F)F)c1. The van der Waals surface area contributed by atoms with Gasteiger partial charge >= 0.3 is 12.1 Å². The molecule has 2 rings (SSSR count). The fourth-order valence-electron chi connectivity index (χ4n) is 3.34. The van der Waals surface area contributed by atoms with Crippen LogP contribution in [0.1, 0.15) is 49.7 Å². The Hall–Kier alpha value is -2.25. The molecule has 0 aliphatic carbocycles. The third-order valence-electron chi connectivity index (χ3n) is 5.16. The Morgan fingerprint density at radius 2 is 1.65 bits per heavy atom. The molecule has 0 heterocycles. The fraction of sp³-hybridized carbons (Fsp3) is 0.364. The quantitative estimate of drug-likeness (QED) is 0.437. The minimum Gasteiger partial charge on any atom is -0.481 e. The van der Waals surface area contributed by atoms with Crippen LogP contribution in [0.15, 0.2) is 42.5 Å². The van der Waals surface area contributed by atoms with Gasteiger partial charge in [-0.25, -0.2) is 0 Å². The van der Waals surface area contributed by atoms with Crippen LogP contribution in [0.5, 0.6) is 0 Å². The number of benzene rings is 2. The molecule has 0 bridgehead atoms. The van der Waals surface area contributed by atoms with Gasteiger partial charge in [0.2, 0.25) is 5.91 Å². The van der Waals surface area contributed by atoms with Gasteiger partial charge in [-0.15, -0.1) is 0 Å². The summed E-state index contributed by atoms with van der Waals surface area (Å²) in [5.41, 5.74) is 0.911. The summed E-state index contributed by atoms with van der Waals surface area (Å²) in [5, 5.41) is 12.1. The molecule has 1 amide bonds. The van der Waals surface area contributed by atoms with Crippen LogP contribution in [0.2, 0.25) is 10.0 Å². The van der Waals surface area contributed by atoms with Gasteiger partial charge in [0.05, 0.1) is 29.0 Å². The van der Waals surface area contributed by atoms with Crippen LogP contribution < -0.4 is 5.32 Å². The Morgan fingerprint density at radius 1 is 1.06 bits per heavy atom. The molecule has 0 aliphatic heterocycles. The lowest BCUT2D eigenvalue weighted by atomic mass is 9.85. The lowest BCUT2D eigenvalue weighted by Crippen LogP contribution is -2.34. The van der Waals surface area contributed by atoms with Crippen molar-refractivity contribution in [2.75, 3.05) is 5.32 Å². The molecule has 0 saturated heterocycles. The summed E-state index contributed by atoms with van der Waals surface area (Å²) in [6.07, 6.45) is -4.20. The Balaban J connectivity index is 2.39. The van der Waals surface area contributed by atoms with E-state index < -0.39 is 29.9 Å². The number of hydrogen-bond donors (Lipinski definition) is 2. The second-order valence-corrected chi connectivity index (χ2v) is 8.13. The van der Waals surface area contributed by atoms with Gasteiger partial charge in [-0.05, 0) is 47.7 Å². The van der Waals surface area contributed by atoms with Gasteiger partial charge in [-0.1, -0.05) is 55.2 Å². The molecular formula is C22H22Cl2F3NO3. The van der Waals surface area contributed by atoms with E-state index in [0.717, 1.165) is 6.92 Å². The summed E-state index contributed by atoms with van der Waals surface area (Å²) < 4.78 is 40.5. The zero-order valence-corrected chi connectivity index (χ0v) is 18.4. The molecule has 0 fully saturated rings. The third kappa shape index (κ3) is 6.61. The van der Waals surface area contributed by atoms with E-state index in [0.29, 0.717) is 17.0 Å². The van der Waals surface area contributed by atoms with Crippen molar-refractivity contribution in [1.82, 2.24) is 0 Å². The third-order valence-corrected chi connectivity index (χ3v) is 5.74. The second-order valence-electron chi connectivity index (χ2n) is 7.29. The molecule has 0 radical (unpaired) electrons. The number of anilines is 1. The summed E-state index contributed by atoms with van der Waals surface area (Å²) in [5.74, 6) is -5.68. The molecule has 31 heavy (non-hydrogen) atoms. The largest absolute Gasteiger partial charge is 0.481 e. The van der Waals surface area contributed by atoms with Gasteiger partial charge in [0, 0.05) is 5.02 Å². The molecule has 0 aliphatic rings. The summed E-state index contributed by atoms with van der Waals surface area (Å²) >= 11 is 12.0. The highest BCUT2D eigenvalue weighted by atomic mass is 35.5. The van der Waals surface area contributed by atoms with Crippen molar-refractivity contribution in [2.45, 2.75) is 44.7 Å². The van der Waals surface area contributed by atoms with E-state index in [1.807, 2.05) is 6.92 Å². The molecule has 3 atom stereocenters.